The van der Waals surface area contributed by atoms with Crippen LogP contribution in [0.1, 0.15) is 63.9 Å². The highest BCUT2D eigenvalue weighted by Gasteiger charge is 2.43. The van der Waals surface area contributed by atoms with Crippen LogP contribution in [-0.4, -0.2) is 36.3 Å². The van der Waals surface area contributed by atoms with Crippen molar-refractivity contribution in [2.45, 2.75) is 58.3 Å². The van der Waals surface area contributed by atoms with Crippen molar-refractivity contribution in [3.05, 3.63) is 35.0 Å². The lowest BCUT2D eigenvalue weighted by atomic mass is 9.71. The lowest BCUT2D eigenvalue weighted by molar-refractivity contribution is -0.146. The van der Waals surface area contributed by atoms with E-state index in [1.54, 1.807) is 12.1 Å². The largest absolute Gasteiger partial charge is 0.504 e. The molecule has 0 saturated carbocycles. The number of aromatic hydroxyl groups is 1. The first-order chi connectivity index (χ1) is 14.0. The van der Waals surface area contributed by atoms with Gasteiger partial charge in [0.15, 0.2) is 17.3 Å². The molecule has 0 radical (unpaired) electrons. The summed E-state index contributed by atoms with van der Waals surface area (Å²) in [5.74, 6) is -1.15. The molecule has 2 atom stereocenters. The maximum Gasteiger partial charge on any atom is 0.315 e. The van der Waals surface area contributed by atoms with Gasteiger partial charge < -0.3 is 14.6 Å². The number of phenols is 1. The van der Waals surface area contributed by atoms with Gasteiger partial charge in [0.05, 0.1) is 13.7 Å². The van der Waals surface area contributed by atoms with Crippen molar-refractivity contribution >= 4 is 17.5 Å². The summed E-state index contributed by atoms with van der Waals surface area (Å²) in [5, 5.41) is 9.99. The Kier molecular flexibility index (Phi) is 6.72. The molecule has 6 heteroatoms. The summed E-state index contributed by atoms with van der Waals surface area (Å²) in [4.78, 5) is 30.5. The zero-order valence-electron chi connectivity index (χ0n) is 17.4. The van der Waals surface area contributed by atoms with Gasteiger partial charge in [-0.25, -0.2) is 0 Å². The number of Topliss-reactive ketones (excluding diaryl/α,β-unsaturated/α-hetero) is 1. The number of esters is 1. The summed E-state index contributed by atoms with van der Waals surface area (Å²) < 4.78 is 10.8. The second kappa shape index (κ2) is 9.25. The Morgan fingerprint density at radius 3 is 2.79 bits per heavy atom. The number of unbranched alkanes of at least 4 members (excludes halogenated alkanes) is 2. The van der Waals surface area contributed by atoms with Gasteiger partial charge in [-0.3, -0.25) is 14.6 Å². The molecule has 1 aliphatic heterocycles. The molecule has 1 heterocycles. The zero-order chi connectivity index (χ0) is 21.0. The highest BCUT2D eigenvalue weighted by molar-refractivity contribution is 6.08. The van der Waals surface area contributed by atoms with E-state index in [4.69, 9.17) is 9.47 Å². The Morgan fingerprint density at radius 2 is 2.07 bits per heavy atom. The molecule has 0 amide bonds. The van der Waals surface area contributed by atoms with Gasteiger partial charge in [0.1, 0.15) is 5.92 Å². The number of nitrogens with zero attached hydrogens (tertiary/aromatic N) is 1. The smallest absolute Gasteiger partial charge is 0.315 e. The molecule has 0 aromatic heterocycles. The van der Waals surface area contributed by atoms with E-state index in [1.165, 1.54) is 13.2 Å². The molecular formula is C23H29NO5. The maximum atomic E-state index is 13.0. The molecule has 1 aromatic carbocycles. The molecule has 1 N–H and O–H groups in total. The van der Waals surface area contributed by atoms with Gasteiger partial charge in [-0.2, -0.15) is 0 Å². The Bertz CT molecular complexity index is 855. The molecule has 2 aliphatic rings. The molecule has 1 unspecified atom stereocenters. The number of carbonyl (C=O) groups excluding carboxylic acids is 2. The fourth-order valence-corrected chi connectivity index (χ4v) is 4.17. The standard InChI is InChI=1S/C23H29NO5/c1-4-5-6-12-29-23(27)20-14(2)24-16-8-7-9-18(26)22(16)21(20)15-10-11-17(25)19(13-15)28-3/h10-11,13,20-21,25H,4-9,12H2,1-3H3/t20?,21-/m1/s1. The van der Waals surface area contributed by atoms with Crippen LogP contribution in [-0.2, 0) is 14.3 Å². The average Bonchev–Trinajstić information content (AvgIpc) is 2.70. The number of allylic oxidation sites excluding steroid dienone is 2. The van der Waals surface area contributed by atoms with Crippen LogP contribution in [0.4, 0.5) is 0 Å². The highest BCUT2D eigenvalue weighted by Crippen LogP contribution is 2.45. The Labute approximate surface area is 171 Å². The van der Waals surface area contributed by atoms with Crippen LogP contribution in [0.15, 0.2) is 34.5 Å². The van der Waals surface area contributed by atoms with E-state index >= 15 is 0 Å². The normalized spacial score (nSPS) is 21.5. The summed E-state index contributed by atoms with van der Waals surface area (Å²) in [7, 11) is 1.47. The molecule has 0 spiro atoms. The predicted molar refractivity (Wildman–Crippen MR) is 110 cm³/mol. The first kappa shape index (κ1) is 21.1. The Hall–Kier alpha value is -2.63. The van der Waals surface area contributed by atoms with Gasteiger partial charge in [0.2, 0.25) is 0 Å². The highest BCUT2D eigenvalue weighted by atomic mass is 16.5. The summed E-state index contributed by atoms with van der Waals surface area (Å²) >= 11 is 0. The SMILES string of the molecule is CCCCCOC(=O)C1C(C)=NC2=C(C(=O)CCC2)[C@@H]1c1ccc(O)c(OC)c1. The van der Waals surface area contributed by atoms with E-state index in [-0.39, 0.29) is 17.5 Å². The van der Waals surface area contributed by atoms with Crippen LogP contribution in [0.3, 0.4) is 0 Å². The summed E-state index contributed by atoms with van der Waals surface area (Å²) in [6, 6.07) is 4.97. The van der Waals surface area contributed by atoms with Crippen molar-refractivity contribution in [2.24, 2.45) is 10.9 Å². The zero-order valence-corrected chi connectivity index (χ0v) is 17.4. The minimum atomic E-state index is -0.660. The quantitative estimate of drug-likeness (QED) is 0.545. The number of ketones is 1. The molecule has 1 aromatic rings. The van der Waals surface area contributed by atoms with E-state index in [0.717, 1.165) is 43.4 Å². The Balaban J connectivity index is 2.02. The number of carbonyl (C=O) groups is 2. The first-order valence-electron chi connectivity index (χ1n) is 10.3. The van der Waals surface area contributed by atoms with E-state index in [1.807, 2.05) is 6.92 Å². The third kappa shape index (κ3) is 4.36. The van der Waals surface area contributed by atoms with Crippen molar-refractivity contribution < 1.29 is 24.2 Å². The number of benzene rings is 1. The second-order valence-corrected chi connectivity index (χ2v) is 7.65. The minimum Gasteiger partial charge on any atom is -0.504 e. The molecule has 29 heavy (non-hydrogen) atoms. The van der Waals surface area contributed by atoms with Crippen molar-refractivity contribution in [3.8, 4) is 11.5 Å². The fraction of sp³-hybridized carbons (Fsp3) is 0.522. The van der Waals surface area contributed by atoms with Gasteiger partial charge in [-0.05, 0) is 43.9 Å². The van der Waals surface area contributed by atoms with Gasteiger partial charge in [-0.15, -0.1) is 0 Å². The number of hydrogen-bond acceptors (Lipinski definition) is 6. The number of methoxy groups -OCH3 is 1. The molecular weight excluding hydrogens is 370 g/mol. The molecule has 3 rings (SSSR count). The third-order valence-electron chi connectivity index (χ3n) is 5.64. The van der Waals surface area contributed by atoms with Crippen molar-refractivity contribution in [3.63, 3.8) is 0 Å². The van der Waals surface area contributed by atoms with Crippen LogP contribution in [0, 0.1) is 5.92 Å². The number of phenolic OH excluding ortho intramolecular Hbond substituents is 1. The van der Waals surface area contributed by atoms with Gasteiger partial charge in [0, 0.05) is 29.3 Å². The van der Waals surface area contributed by atoms with Crippen molar-refractivity contribution in [1.29, 1.82) is 0 Å². The molecule has 1 aliphatic carbocycles. The first-order valence-corrected chi connectivity index (χ1v) is 10.3. The van der Waals surface area contributed by atoms with Gasteiger partial charge in [0.25, 0.3) is 0 Å². The van der Waals surface area contributed by atoms with Crippen LogP contribution >= 0.6 is 0 Å². The number of hydrogen-bond donors (Lipinski definition) is 1. The monoisotopic (exact) mass is 399 g/mol. The average molecular weight is 399 g/mol. The number of rotatable bonds is 7. The van der Waals surface area contributed by atoms with E-state index in [0.29, 0.717) is 30.1 Å². The summed E-state index contributed by atoms with van der Waals surface area (Å²) in [6.45, 7) is 4.28. The summed E-state index contributed by atoms with van der Waals surface area (Å²) in [6.07, 6.45) is 4.81. The van der Waals surface area contributed by atoms with Crippen LogP contribution in [0.25, 0.3) is 0 Å². The number of ether oxygens (including phenoxy) is 2. The molecule has 0 saturated heterocycles. The topological polar surface area (TPSA) is 85.2 Å². The van der Waals surface area contributed by atoms with Gasteiger partial charge in [-0.1, -0.05) is 25.8 Å². The minimum absolute atomic E-state index is 0.0142. The third-order valence-corrected chi connectivity index (χ3v) is 5.64. The molecule has 0 bridgehead atoms. The second-order valence-electron chi connectivity index (χ2n) is 7.65. The molecule has 0 fully saturated rings. The lowest BCUT2D eigenvalue weighted by Gasteiger charge is -2.34. The van der Waals surface area contributed by atoms with E-state index < -0.39 is 11.8 Å². The van der Waals surface area contributed by atoms with Crippen LogP contribution < -0.4 is 4.74 Å². The summed E-state index contributed by atoms with van der Waals surface area (Å²) in [5.41, 5.74) is 2.78. The molecule has 6 nitrogen and oxygen atoms in total. The fourth-order valence-electron chi connectivity index (χ4n) is 4.17. The lowest BCUT2D eigenvalue weighted by Crippen LogP contribution is -2.37. The van der Waals surface area contributed by atoms with Crippen LogP contribution in [0.2, 0.25) is 0 Å². The van der Waals surface area contributed by atoms with Crippen LogP contribution in [0.5, 0.6) is 11.5 Å². The van der Waals surface area contributed by atoms with Crippen molar-refractivity contribution in [1.82, 2.24) is 0 Å². The maximum absolute atomic E-state index is 13.0. The predicted octanol–water partition coefficient (Wildman–Crippen LogP) is 4.32. The Morgan fingerprint density at radius 1 is 1.28 bits per heavy atom. The van der Waals surface area contributed by atoms with Crippen molar-refractivity contribution in [2.75, 3.05) is 13.7 Å². The van der Waals surface area contributed by atoms with E-state index in [2.05, 4.69) is 11.9 Å². The van der Waals surface area contributed by atoms with E-state index in [9.17, 15) is 14.7 Å². The number of aliphatic imine (C=N–C) groups is 1. The van der Waals surface area contributed by atoms with Gasteiger partial charge >= 0.3 is 5.97 Å². The molecule has 156 valence electrons.